The van der Waals surface area contributed by atoms with Crippen molar-refractivity contribution in [2.24, 2.45) is 5.73 Å². The fourth-order valence-corrected chi connectivity index (χ4v) is 2.72. The lowest BCUT2D eigenvalue weighted by Gasteiger charge is -2.28. The Morgan fingerprint density at radius 2 is 1.80 bits per heavy atom. The van der Waals surface area contributed by atoms with Gasteiger partial charge in [-0.25, -0.2) is 0 Å². The van der Waals surface area contributed by atoms with E-state index in [1.165, 1.54) is 5.56 Å². The van der Waals surface area contributed by atoms with Crippen LogP contribution in [0.4, 0.5) is 0 Å². The fourth-order valence-electron chi connectivity index (χ4n) is 2.30. The van der Waals surface area contributed by atoms with Gasteiger partial charge in [0.25, 0.3) is 0 Å². The van der Waals surface area contributed by atoms with Crippen LogP contribution in [0.5, 0.6) is 0 Å². The van der Waals surface area contributed by atoms with E-state index in [2.05, 4.69) is 17.0 Å². The minimum atomic E-state index is 0.0430. The summed E-state index contributed by atoms with van der Waals surface area (Å²) in [7, 11) is 2.04. The van der Waals surface area contributed by atoms with E-state index in [0.29, 0.717) is 16.6 Å². The average molecular weight is 309 g/mol. The second-order valence-corrected chi connectivity index (χ2v) is 5.66. The normalized spacial score (nSPS) is 12.7. The smallest absolute Gasteiger partial charge is 0.0486 e. The lowest BCUT2D eigenvalue weighted by molar-refractivity contribution is 0.242. The van der Waals surface area contributed by atoms with Gasteiger partial charge in [-0.1, -0.05) is 53.5 Å². The van der Waals surface area contributed by atoms with Gasteiger partial charge in [0.15, 0.2) is 0 Å². The minimum absolute atomic E-state index is 0.0430. The number of hydrogen-bond donors (Lipinski definition) is 1. The first-order valence-electron chi connectivity index (χ1n) is 6.51. The van der Waals surface area contributed by atoms with Crippen molar-refractivity contribution in [2.75, 3.05) is 13.6 Å². The van der Waals surface area contributed by atoms with Crippen molar-refractivity contribution in [2.45, 2.75) is 12.6 Å². The first-order chi connectivity index (χ1) is 9.61. The Balaban J connectivity index is 2.21. The Kier molecular flexibility index (Phi) is 5.44. The van der Waals surface area contributed by atoms with Gasteiger partial charge in [-0.2, -0.15) is 0 Å². The number of nitrogens with zero attached hydrogens (tertiary/aromatic N) is 1. The van der Waals surface area contributed by atoms with Gasteiger partial charge in [0.05, 0.1) is 0 Å². The number of halogens is 2. The number of hydrogen-bond acceptors (Lipinski definition) is 2. The molecule has 2 N–H and O–H groups in total. The summed E-state index contributed by atoms with van der Waals surface area (Å²) in [5.41, 5.74) is 8.15. The van der Waals surface area contributed by atoms with Crippen molar-refractivity contribution in [3.63, 3.8) is 0 Å². The molecule has 0 aromatic heterocycles. The maximum atomic E-state index is 6.28. The lowest BCUT2D eigenvalue weighted by Crippen LogP contribution is -2.30. The van der Waals surface area contributed by atoms with Gasteiger partial charge in [0.1, 0.15) is 0 Å². The molecule has 0 aliphatic heterocycles. The van der Waals surface area contributed by atoms with E-state index in [1.807, 2.05) is 37.4 Å². The van der Waals surface area contributed by atoms with E-state index < -0.39 is 0 Å². The first kappa shape index (κ1) is 15.3. The standard InChI is InChI=1S/C16H18Cl2N2/c1-20(11-12-5-3-2-4-6-12)16(10-19)14-9-13(17)7-8-15(14)18/h2-9,16H,10-11,19H2,1H3. The molecule has 1 atom stereocenters. The molecular weight excluding hydrogens is 291 g/mol. The zero-order valence-corrected chi connectivity index (χ0v) is 12.9. The van der Waals surface area contributed by atoms with E-state index >= 15 is 0 Å². The number of likely N-dealkylation sites (N-methyl/N-ethyl adjacent to an activating group) is 1. The second kappa shape index (κ2) is 7.09. The molecule has 1 unspecified atom stereocenters. The number of rotatable bonds is 5. The molecule has 106 valence electrons. The SMILES string of the molecule is CN(Cc1ccccc1)C(CN)c1cc(Cl)ccc1Cl. The van der Waals surface area contributed by atoms with Crippen LogP contribution in [-0.4, -0.2) is 18.5 Å². The lowest BCUT2D eigenvalue weighted by atomic mass is 10.0. The molecule has 0 bridgehead atoms. The third-order valence-corrected chi connectivity index (χ3v) is 3.93. The largest absolute Gasteiger partial charge is 0.329 e. The molecular formula is C16H18Cl2N2. The molecule has 0 saturated heterocycles. The number of benzene rings is 2. The highest BCUT2D eigenvalue weighted by Crippen LogP contribution is 2.29. The molecule has 0 aliphatic rings. The third-order valence-electron chi connectivity index (χ3n) is 3.35. The molecule has 2 aromatic rings. The van der Waals surface area contributed by atoms with Crippen LogP contribution < -0.4 is 5.73 Å². The first-order valence-corrected chi connectivity index (χ1v) is 7.26. The molecule has 0 spiro atoms. The quantitative estimate of drug-likeness (QED) is 0.900. The molecule has 20 heavy (non-hydrogen) atoms. The van der Waals surface area contributed by atoms with Crippen LogP contribution in [0.2, 0.25) is 10.0 Å². The average Bonchev–Trinajstić information content (AvgIpc) is 2.44. The van der Waals surface area contributed by atoms with Crippen molar-refractivity contribution in [1.82, 2.24) is 4.90 Å². The summed E-state index contributed by atoms with van der Waals surface area (Å²) in [6, 6.07) is 15.8. The maximum absolute atomic E-state index is 6.28. The molecule has 2 nitrogen and oxygen atoms in total. The van der Waals surface area contributed by atoms with Crippen LogP contribution >= 0.6 is 23.2 Å². The third kappa shape index (κ3) is 3.74. The zero-order chi connectivity index (χ0) is 14.5. The second-order valence-electron chi connectivity index (χ2n) is 4.82. The van der Waals surface area contributed by atoms with Gasteiger partial charge < -0.3 is 5.73 Å². The highest BCUT2D eigenvalue weighted by molar-refractivity contribution is 6.33. The van der Waals surface area contributed by atoms with Crippen molar-refractivity contribution in [3.05, 3.63) is 69.7 Å². The molecule has 2 aromatic carbocycles. The van der Waals surface area contributed by atoms with Crippen molar-refractivity contribution >= 4 is 23.2 Å². The Labute approximate surface area is 130 Å². The van der Waals surface area contributed by atoms with Gasteiger partial charge in [-0.05, 0) is 36.4 Å². The van der Waals surface area contributed by atoms with Gasteiger partial charge in [0, 0.05) is 29.2 Å². The maximum Gasteiger partial charge on any atom is 0.0486 e. The Bertz CT molecular complexity index is 558. The van der Waals surface area contributed by atoms with Crippen molar-refractivity contribution in [1.29, 1.82) is 0 Å². The summed E-state index contributed by atoms with van der Waals surface area (Å²) in [5, 5.41) is 1.38. The highest BCUT2D eigenvalue weighted by Gasteiger charge is 2.18. The van der Waals surface area contributed by atoms with E-state index in [4.69, 9.17) is 28.9 Å². The molecule has 0 aliphatic carbocycles. The van der Waals surface area contributed by atoms with E-state index in [1.54, 1.807) is 6.07 Å². The molecule has 4 heteroatoms. The van der Waals surface area contributed by atoms with Gasteiger partial charge >= 0.3 is 0 Å². The monoisotopic (exact) mass is 308 g/mol. The summed E-state index contributed by atoms with van der Waals surface area (Å²) >= 11 is 12.3. The Hall–Kier alpha value is -1.06. The Morgan fingerprint density at radius 3 is 2.45 bits per heavy atom. The predicted molar refractivity (Wildman–Crippen MR) is 86.2 cm³/mol. The van der Waals surface area contributed by atoms with Crippen LogP contribution in [-0.2, 0) is 6.54 Å². The topological polar surface area (TPSA) is 29.3 Å². The van der Waals surface area contributed by atoms with Crippen LogP contribution in [0.3, 0.4) is 0 Å². The van der Waals surface area contributed by atoms with E-state index in [-0.39, 0.29) is 6.04 Å². The molecule has 0 fully saturated rings. The Morgan fingerprint density at radius 1 is 1.10 bits per heavy atom. The molecule has 0 radical (unpaired) electrons. The summed E-state index contributed by atoms with van der Waals surface area (Å²) < 4.78 is 0. The number of nitrogens with two attached hydrogens (primary N) is 1. The molecule has 2 rings (SSSR count). The van der Waals surface area contributed by atoms with Gasteiger partial charge in [0.2, 0.25) is 0 Å². The van der Waals surface area contributed by atoms with Crippen molar-refractivity contribution < 1.29 is 0 Å². The van der Waals surface area contributed by atoms with Crippen LogP contribution in [0.25, 0.3) is 0 Å². The zero-order valence-electron chi connectivity index (χ0n) is 11.4. The summed E-state index contributed by atoms with van der Waals surface area (Å²) in [5.74, 6) is 0. The highest BCUT2D eigenvalue weighted by atomic mass is 35.5. The van der Waals surface area contributed by atoms with Crippen molar-refractivity contribution in [3.8, 4) is 0 Å². The van der Waals surface area contributed by atoms with Crippen LogP contribution in [0.1, 0.15) is 17.2 Å². The van der Waals surface area contributed by atoms with Crippen LogP contribution in [0, 0.1) is 0 Å². The predicted octanol–water partition coefficient (Wildman–Crippen LogP) is 4.13. The van der Waals surface area contributed by atoms with Gasteiger partial charge in [-0.15, -0.1) is 0 Å². The summed E-state index contributed by atoms with van der Waals surface area (Å²) in [4.78, 5) is 2.19. The summed E-state index contributed by atoms with van der Waals surface area (Å²) in [6.45, 7) is 1.30. The fraction of sp³-hybridized carbons (Fsp3) is 0.250. The molecule has 0 amide bonds. The molecule has 0 saturated carbocycles. The molecule has 0 heterocycles. The minimum Gasteiger partial charge on any atom is -0.329 e. The van der Waals surface area contributed by atoms with Gasteiger partial charge in [-0.3, -0.25) is 4.90 Å². The summed E-state index contributed by atoms with van der Waals surface area (Å²) in [6.07, 6.45) is 0. The van der Waals surface area contributed by atoms with E-state index in [9.17, 15) is 0 Å². The van der Waals surface area contributed by atoms with E-state index in [0.717, 1.165) is 12.1 Å². The van der Waals surface area contributed by atoms with Crippen LogP contribution in [0.15, 0.2) is 48.5 Å².